The molecule has 0 aliphatic carbocycles. The van der Waals surface area contributed by atoms with Crippen LogP contribution in [0.1, 0.15) is 30.1 Å². The molecule has 8 nitrogen and oxygen atoms in total. The van der Waals surface area contributed by atoms with E-state index in [9.17, 15) is 14.9 Å². The number of hydrogen-bond donors (Lipinski definition) is 1. The summed E-state index contributed by atoms with van der Waals surface area (Å²) < 4.78 is 5.58. The third-order valence-electron chi connectivity index (χ3n) is 3.83. The zero-order chi connectivity index (χ0) is 19.9. The molecule has 0 spiro atoms. The summed E-state index contributed by atoms with van der Waals surface area (Å²) in [6.07, 6.45) is 2.03. The Balaban J connectivity index is 1.65. The number of anilines is 1. The Hall–Kier alpha value is -3.33. The monoisotopic (exact) mass is 398 g/mol. The van der Waals surface area contributed by atoms with Gasteiger partial charge < -0.3 is 4.74 Å². The van der Waals surface area contributed by atoms with Crippen LogP contribution in [-0.4, -0.2) is 27.6 Å². The lowest BCUT2D eigenvalue weighted by Gasteiger charge is -2.06. The molecule has 28 heavy (non-hydrogen) atoms. The van der Waals surface area contributed by atoms with Crippen LogP contribution in [0.15, 0.2) is 48.5 Å². The van der Waals surface area contributed by atoms with Gasteiger partial charge in [0.25, 0.3) is 11.6 Å². The van der Waals surface area contributed by atoms with Crippen molar-refractivity contribution in [3.63, 3.8) is 0 Å². The molecule has 0 fully saturated rings. The van der Waals surface area contributed by atoms with Crippen molar-refractivity contribution >= 4 is 28.1 Å². The van der Waals surface area contributed by atoms with Crippen molar-refractivity contribution in [2.75, 3.05) is 11.9 Å². The van der Waals surface area contributed by atoms with Crippen molar-refractivity contribution in [2.45, 2.75) is 19.8 Å². The Morgan fingerprint density at radius 2 is 2.00 bits per heavy atom. The van der Waals surface area contributed by atoms with Crippen molar-refractivity contribution in [2.24, 2.45) is 0 Å². The van der Waals surface area contributed by atoms with E-state index in [4.69, 9.17) is 4.74 Å². The lowest BCUT2D eigenvalue weighted by molar-refractivity contribution is -0.384. The van der Waals surface area contributed by atoms with Crippen LogP contribution in [0.3, 0.4) is 0 Å². The third kappa shape index (κ3) is 4.89. The molecule has 1 heterocycles. The topological polar surface area (TPSA) is 107 Å². The van der Waals surface area contributed by atoms with Crippen LogP contribution in [0, 0.1) is 10.1 Å². The number of amides is 1. The fraction of sp³-hybridized carbons (Fsp3) is 0.211. The second kappa shape index (κ2) is 9.05. The number of carbonyl (C=O) groups is 1. The Bertz CT molecular complexity index is 972. The van der Waals surface area contributed by atoms with E-state index in [1.165, 1.54) is 12.1 Å². The molecule has 9 heteroatoms. The van der Waals surface area contributed by atoms with E-state index in [0.29, 0.717) is 33.6 Å². The summed E-state index contributed by atoms with van der Waals surface area (Å²) in [5.41, 5.74) is 1.01. The minimum Gasteiger partial charge on any atom is -0.494 e. The molecule has 2 aromatic carbocycles. The fourth-order valence-corrected chi connectivity index (χ4v) is 3.08. The lowest BCUT2D eigenvalue weighted by atomic mass is 10.2. The molecule has 0 bridgehead atoms. The van der Waals surface area contributed by atoms with E-state index in [0.717, 1.165) is 24.2 Å². The van der Waals surface area contributed by atoms with Crippen LogP contribution in [0.4, 0.5) is 10.8 Å². The summed E-state index contributed by atoms with van der Waals surface area (Å²) >= 11 is 1.14. The van der Waals surface area contributed by atoms with Gasteiger partial charge in [-0.1, -0.05) is 36.8 Å². The molecule has 1 amide bonds. The number of benzene rings is 2. The van der Waals surface area contributed by atoms with Gasteiger partial charge in [0.1, 0.15) is 10.8 Å². The highest BCUT2D eigenvalue weighted by atomic mass is 32.1. The van der Waals surface area contributed by atoms with E-state index in [1.807, 2.05) is 0 Å². The number of ether oxygens (including phenoxy) is 1. The number of rotatable bonds is 8. The summed E-state index contributed by atoms with van der Waals surface area (Å²) in [4.78, 5) is 22.8. The first-order valence-corrected chi connectivity index (χ1v) is 9.51. The first kappa shape index (κ1) is 19.4. The van der Waals surface area contributed by atoms with E-state index >= 15 is 0 Å². The van der Waals surface area contributed by atoms with E-state index in [1.54, 1.807) is 36.4 Å². The molecule has 3 rings (SSSR count). The molecule has 3 aromatic rings. The molecule has 0 atom stereocenters. The first-order valence-electron chi connectivity index (χ1n) is 8.69. The molecule has 0 aliphatic rings. The predicted molar refractivity (Wildman–Crippen MR) is 107 cm³/mol. The number of carbonyl (C=O) groups excluding carboxylic acids is 1. The fourth-order valence-electron chi connectivity index (χ4n) is 2.35. The van der Waals surface area contributed by atoms with Gasteiger partial charge in [-0.3, -0.25) is 20.2 Å². The van der Waals surface area contributed by atoms with Crippen LogP contribution in [0.5, 0.6) is 5.75 Å². The molecular weight excluding hydrogens is 380 g/mol. The van der Waals surface area contributed by atoms with Gasteiger partial charge in [-0.2, -0.15) is 0 Å². The SMILES string of the molecule is CCCCOc1ccc(C(=O)Nc2nnc(-c3cccc([N+](=O)[O-])c3)s2)cc1. The van der Waals surface area contributed by atoms with Gasteiger partial charge in [-0.25, -0.2) is 0 Å². The summed E-state index contributed by atoms with van der Waals surface area (Å²) in [5, 5.41) is 22.3. The number of hydrogen-bond acceptors (Lipinski definition) is 7. The summed E-state index contributed by atoms with van der Waals surface area (Å²) in [5.74, 6) is 0.399. The van der Waals surface area contributed by atoms with Gasteiger partial charge in [0.2, 0.25) is 5.13 Å². The molecule has 0 saturated heterocycles. The summed E-state index contributed by atoms with van der Waals surface area (Å²) in [6, 6.07) is 13.0. The average Bonchev–Trinajstić information content (AvgIpc) is 3.17. The number of nitrogens with one attached hydrogen (secondary N) is 1. The van der Waals surface area contributed by atoms with Crippen molar-refractivity contribution in [3.05, 3.63) is 64.2 Å². The Kier molecular flexibility index (Phi) is 6.28. The van der Waals surface area contributed by atoms with Crippen molar-refractivity contribution in [1.29, 1.82) is 0 Å². The molecule has 1 aromatic heterocycles. The number of nitro benzene ring substituents is 1. The molecule has 0 radical (unpaired) electrons. The van der Waals surface area contributed by atoms with E-state index < -0.39 is 4.92 Å². The van der Waals surface area contributed by atoms with E-state index in [2.05, 4.69) is 22.4 Å². The van der Waals surface area contributed by atoms with Crippen LogP contribution < -0.4 is 10.1 Å². The highest BCUT2D eigenvalue weighted by Gasteiger charge is 2.13. The highest BCUT2D eigenvalue weighted by molar-refractivity contribution is 7.18. The zero-order valence-electron chi connectivity index (χ0n) is 15.1. The quantitative estimate of drug-likeness (QED) is 0.339. The third-order valence-corrected chi connectivity index (χ3v) is 4.72. The normalized spacial score (nSPS) is 10.5. The van der Waals surface area contributed by atoms with Crippen molar-refractivity contribution in [1.82, 2.24) is 10.2 Å². The Morgan fingerprint density at radius 3 is 2.71 bits per heavy atom. The minimum absolute atomic E-state index is 0.0282. The molecule has 144 valence electrons. The highest BCUT2D eigenvalue weighted by Crippen LogP contribution is 2.29. The molecule has 0 aliphatic heterocycles. The van der Waals surface area contributed by atoms with Gasteiger partial charge in [0.05, 0.1) is 11.5 Å². The van der Waals surface area contributed by atoms with Crippen LogP contribution in [0.25, 0.3) is 10.6 Å². The predicted octanol–water partition coefficient (Wildman–Crippen LogP) is 4.54. The van der Waals surface area contributed by atoms with Gasteiger partial charge in [-0.15, -0.1) is 10.2 Å². The first-order chi connectivity index (χ1) is 13.6. The van der Waals surface area contributed by atoms with Gasteiger partial charge in [-0.05, 0) is 30.7 Å². The van der Waals surface area contributed by atoms with E-state index in [-0.39, 0.29) is 11.6 Å². The lowest BCUT2D eigenvalue weighted by Crippen LogP contribution is -2.11. The Morgan fingerprint density at radius 1 is 1.21 bits per heavy atom. The number of nitrogens with zero attached hydrogens (tertiary/aromatic N) is 3. The average molecular weight is 398 g/mol. The van der Waals surface area contributed by atoms with Gasteiger partial charge in [0, 0.05) is 23.3 Å². The van der Waals surface area contributed by atoms with Crippen LogP contribution in [0.2, 0.25) is 0 Å². The summed E-state index contributed by atoms with van der Waals surface area (Å²) in [7, 11) is 0. The number of non-ortho nitro benzene ring substituents is 1. The molecule has 0 saturated carbocycles. The van der Waals surface area contributed by atoms with Gasteiger partial charge >= 0.3 is 0 Å². The minimum atomic E-state index is -0.469. The maximum absolute atomic E-state index is 12.4. The maximum Gasteiger partial charge on any atom is 0.270 e. The van der Waals surface area contributed by atoms with Crippen molar-refractivity contribution in [3.8, 4) is 16.3 Å². The smallest absolute Gasteiger partial charge is 0.270 e. The van der Waals surface area contributed by atoms with Crippen molar-refractivity contribution < 1.29 is 14.5 Å². The Labute approximate surface area is 165 Å². The molecular formula is C19H18N4O4S. The second-order valence-corrected chi connectivity index (χ2v) is 6.88. The maximum atomic E-state index is 12.4. The van der Waals surface area contributed by atoms with Gasteiger partial charge in [0.15, 0.2) is 0 Å². The summed E-state index contributed by atoms with van der Waals surface area (Å²) in [6.45, 7) is 2.74. The zero-order valence-corrected chi connectivity index (χ0v) is 15.9. The number of unbranched alkanes of at least 4 members (excludes halogenated alkanes) is 1. The standard InChI is InChI=1S/C19H18N4O4S/c1-2-3-11-27-16-9-7-13(8-10-16)17(24)20-19-22-21-18(28-19)14-5-4-6-15(12-14)23(25)26/h4-10,12H,2-3,11H2,1H3,(H,20,22,24). The molecule has 1 N–H and O–H groups in total. The number of aromatic nitrogens is 2. The van der Waals surface area contributed by atoms with Crippen LogP contribution in [-0.2, 0) is 0 Å². The molecule has 0 unspecified atom stereocenters. The number of nitro groups is 1. The van der Waals surface area contributed by atoms with Crippen LogP contribution >= 0.6 is 11.3 Å². The largest absolute Gasteiger partial charge is 0.494 e. The second-order valence-electron chi connectivity index (χ2n) is 5.90.